The highest BCUT2D eigenvalue weighted by Crippen LogP contribution is 2.32. The number of carbonyl (C=O) groups is 2. The second-order valence-corrected chi connectivity index (χ2v) is 9.79. The molecule has 0 spiro atoms. The fourth-order valence-electron chi connectivity index (χ4n) is 3.44. The third kappa shape index (κ3) is 4.14. The molecule has 2 atom stereocenters. The summed E-state index contributed by atoms with van der Waals surface area (Å²) in [5.41, 5.74) is 0.418. The van der Waals surface area contributed by atoms with Crippen LogP contribution in [0.3, 0.4) is 0 Å². The van der Waals surface area contributed by atoms with Crippen LogP contribution in [0.1, 0.15) is 26.7 Å². The fourth-order valence-corrected chi connectivity index (χ4v) is 5.55. The van der Waals surface area contributed by atoms with Gasteiger partial charge in [0.25, 0.3) is 5.91 Å². The number of carbonyl (C=O) groups excluding carboxylic acids is 2. The van der Waals surface area contributed by atoms with Crippen molar-refractivity contribution in [3.8, 4) is 5.75 Å². The summed E-state index contributed by atoms with van der Waals surface area (Å²) >= 11 is 3.33. The molecule has 0 aliphatic carbocycles. The van der Waals surface area contributed by atoms with E-state index in [2.05, 4.69) is 15.9 Å². The number of nitrogens with zero attached hydrogens (tertiary/aromatic N) is 2. The van der Waals surface area contributed by atoms with E-state index in [1.807, 2.05) is 6.92 Å². The third-order valence-corrected chi connectivity index (χ3v) is 7.74. The SMILES string of the molecule is CCC(C)N(C1CC(=O)N(c2ccc(Br)cc2)C1=O)S(=O)(=O)c1ccc(OC)cc1. The monoisotopic (exact) mass is 494 g/mol. The van der Waals surface area contributed by atoms with Gasteiger partial charge in [-0.25, -0.2) is 13.3 Å². The van der Waals surface area contributed by atoms with Crippen LogP contribution >= 0.6 is 15.9 Å². The molecule has 30 heavy (non-hydrogen) atoms. The average Bonchev–Trinajstić information content (AvgIpc) is 3.02. The van der Waals surface area contributed by atoms with Crippen LogP contribution in [0.2, 0.25) is 0 Å². The highest BCUT2D eigenvalue weighted by atomic mass is 79.9. The Morgan fingerprint density at radius 1 is 1.13 bits per heavy atom. The maximum atomic E-state index is 13.5. The zero-order chi connectivity index (χ0) is 22.1. The van der Waals surface area contributed by atoms with Gasteiger partial charge in [0.2, 0.25) is 15.9 Å². The molecule has 1 aliphatic rings. The van der Waals surface area contributed by atoms with Gasteiger partial charge in [-0.2, -0.15) is 4.31 Å². The molecule has 0 bridgehead atoms. The first-order chi connectivity index (χ1) is 14.2. The lowest BCUT2D eigenvalue weighted by molar-refractivity contribution is -0.122. The van der Waals surface area contributed by atoms with Crippen LogP contribution in [0.15, 0.2) is 57.9 Å². The van der Waals surface area contributed by atoms with Gasteiger partial charge in [0, 0.05) is 10.5 Å². The number of rotatable bonds is 7. The third-order valence-electron chi connectivity index (χ3n) is 5.17. The number of amides is 2. The average molecular weight is 495 g/mol. The molecule has 1 fully saturated rings. The van der Waals surface area contributed by atoms with Crippen molar-refractivity contribution in [3.05, 3.63) is 53.0 Å². The van der Waals surface area contributed by atoms with E-state index in [1.165, 1.54) is 23.5 Å². The number of methoxy groups -OCH3 is 1. The highest BCUT2D eigenvalue weighted by Gasteiger charge is 2.48. The Bertz CT molecular complexity index is 1040. The summed E-state index contributed by atoms with van der Waals surface area (Å²) in [6.07, 6.45) is 0.292. The number of halogens is 1. The van der Waals surface area contributed by atoms with Crippen molar-refractivity contribution in [2.24, 2.45) is 0 Å². The van der Waals surface area contributed by atoms with Crippen LogP contribution in [-0.2, 0) is 19.6 Å². The number of ether oxygens (including phenoxy) is 1. The smallest absolute Gasteiger partial charge is 0.252 e. The fraction of sp³-hybridized carbons (Fsp3) is 0.333. The number of sulfonamides is 1. The van der Waals surface area contributed by atoms with E-state index in [-0.39, 0.29) is 11.3 Å². The minimum Gasteiger partial charge on any atom is -0.497 e. The maximum absolute atomic E-state index is 13.5. The van der Waals surface area contributed by atoms with Crippen molar-refractivity contribution in [1.29, 1.82) is 0 Å². The van der Waals surface area contributed by atoms with E-state index in [0.717, 1.165) is 9.37 Å². The molecule has 0 saturated carbocycles. The Labute approximate surface area is 184 Å². The largest absolute Gasteiger partial charge is 0.497 e. The van der Waals surface area contributed by atoms with Crippen LogP contribution in [0.4, 0.5) is 5.69 Å². The van der Waals surface area contributed by atoms with Crippen molar-refractivity contribution in [3.63, 3.8) is 0 Å². The normalized spacial score (nSPS) is 18.2. The maximum Gasteiger partial charge on any atom is 0.252 e. The van der Waals surface area contributed by atoms with Crippen molar-refractivity contribution >= 4 is 43.5 Å². The molecular weight excluding hydrogens is 472 g/mol. The molecule has 3 rings (SSSR count). The Morgan fingerprint density at radius 2 is 1.73 bits per heavy atom. The summed E-state index contributed by atoms with van der Waals surface area (Å²) in [5.74, 6) is -0.442. The molecule has 0 aromatic heterocycles. The van der Waals surface area contributed by atoms with Gasteiger partial charge in [-0.3, -0.25) is 9.59 Å². The van der Waals surface area contributed by atoms with Gasteiger partial charge in [0.1, 0.15) is 11.8 Å². The van der Waals surface area contributed by atoms with Gasteiger partial charge in [-0.05, 0) is 61.9 Å². The molecule has 2 aromatic rings. The van der Waals surface area contributed by atoms with E-state index in [9.17, 15) is 18.0 Å². The minimum absolute atomic E-state index is 0.0472. The van der Waals surface area contributed by atoms with E-state index < -0.39 is 33.9 Å². The number of hydrogen-bond donors (Lipinski definition) is 0. The summed E-state index contributed by atoms with van der Waals surface area (Å²) in [7, 11) is -2.52. The summed E-state index contributed by atoms with van der Waals surface area (Å²) in [4.78, 5) is 27.0. The first kappa shape index (κ1) is 22.5. The van der Waals surface area contributed by atoms with E-state index >= 15 is 0 Å². The molecule has 2 amide bonds. The van der Waals surface area contributed by atoms with Crippen LogP contribution < -0.4 is 9.64 Å². The Balaban J connectivity index is 2.00. The first-order valence-electron chi connectivity index (χ1n) is 9.50. The summed E-state index contributed by atoms with van der Waals surface area (Å²) in [5, 5.41) is 0. The Morgan fingerprint density at radius 3 is 2.27 bits per heavy atom. The van der Waals surface area contributed by atoms with Crippen LogP contribution in [0, 0.1) is 0 Å². The highest BCUT2D eigenvalue weighted by molar-refractivity contribution is 9.10. The quantitative estimate of drug-likeness (QED) is 0.549. The number of benzene rings is 2. The van der Waals surface area contributed by atoms with Crippen molar-refractivity contribution in [2.45, 2.75) is 43.7 Å². The zero-order valence-electron chi connectivity index (χ0n) is 16.9. The van der Waals surface area contributed by atoms with E-state index in [0.29, 0.717) is 17.9 Å². The van der Waals surface area contributed by atoms with Crippen LogP contribution in [-0.4, -0.2) is 43.7 Å². The predicted octanol–water partition coefficient (Wildman–Crippen LogP) is 3.58. The minimum atomic E-state index is -4.02. The Hall–Kier alpha value is -2.23. The molecule has 1 aliphatic heterocycles. The predicted molar refractivity (Wildman–Crippen MR) is 117 cm³/mol. The summed E-state index contributed by atoms with van der Waals surface area (Å²) in [6.45, 7) is 3.58. The molecule has 1 saturated heterocycles. The molecule has 7 nitrogen and oxygen atoms in total. The molecule has 2 aromatic carbocycles. The molecular formula is C21H23BrN2O5S. The lowest BCUT2D eigenvalue weighted by Gasteiger charge is -2.31. The van der Waals surface area contributed by atoms with Crippen LogP contribution in [0.25, 0.3) is 0 Å². The molecule has 2 unspecified atom stereocenters. The van der Waals surface area contributed by atoms with Gasteiger partial charge in [0.05, 0.1) is 24.1 Å². The van der Waals surface area contributed by atoms with Gasteiger partial charge < -0.3 is 4.74 Å². The summed E-state index contributed by atoms with van der Waals surface area (Å²) in [6, 6.07) is 11.2. The standard InChI is InChI=1S/C21H23BrN2O5S/c1-4-14(2)24(30(27,28)18-11-9-17(29-3)10-12-18)19-13-20(25)23(21(19)26)16-7-5-15(22)6-8-16/h5-12,14,19H,4,13H2,1-3H3. The van der Waals surface area contributed by atoms with Gasteiger partial charge in [-0.15, -0.1) is 0 Å². The molecule has 9 heteroatoms. The van der Waals surface area contributed by atoms with Gasteiger partial charge in [0.15, 0.2) is 0 Å². The molecule has 1 heterocycles. The van der Waals surface area contributed by atoms with E-state index in [4.69, 9.17) is 4.74 Å². The molecule has 160 valence electrons. The zero-order valence-corrected chi connectivity index (χ0v) is 19.3. The van der Waals surface area contributed by atoms with Crippen molar-refractivity contribution in [2.75, 3.05) is 12.0 Å². The topological polar surface area (TPSA) is 84.0 Å². The van der Waals surface area contributed by atoms with Crippen molar-refractivity contribution in [1.82, 2.24) is 4.31 Å². The van der Waals surface area contributed by atoms with Crippen LogP contribution in [0.5, 0.6) is 5.75 Å². The second-order valence-electron chi connectivity index (χ2n) is 7.03. The first-order valence-corrected chi connectivity index (χ1v) is 11.7. The number of hydrogen-bond acceptors (Lipinski definition) is 5. The lowest BCUT2D eigenvalue weighted by atomic mass is 10.2. The van der Waals surface area contributed by atoms with Gasteiger partial charge in [-0.1, -0.05) is 22.9 Å². The summed E-state index contributed by atoms with van der Waals surface area (Å²) < 4.78 is 34.0. The van der Waals surface area contributed by atoms with E-state index in [1.54, 1.807) is 43.3 Å². The van der Waals surface area contributed by atoms with Crippen molar-refractivity contribution < 1.29 is 22.7 Å². The molecule has 0 radical (unpaired) electrons. The number of anilines is 1. The van der Waals surface area contributed by atoms with Gasteiger partial charge >= 0.3 is 0 Å². The second kappa shape index (κ2) is 8.87. The number of imide groups is 1. The lowest BCUT2D eigenvalue weighted by Crippen LogP contribution is -2.49. The molecule has 0 N–H and O–H groups in total. The Kier molecular flexibility index (Phi) is 6.64.